The van der Waals surface area contributed by atoms with Crippen molar-refractivity contribution in [2.24, 2.45) is 5.92 Å². The number of amides is 2. The second-order valence-electron chi connectivity index (χ2n) is 4.77. The molecule has 18 heavy (non-hydrogen) atoms. The molecule has 1 saturated heterocycles. The lowest BCUT2D eigenvalue weighted by molar-refractivity contribution is -0.134. The molecule has 1 aromatic heterocycles. The van der Waals surface area contributed by atoms with Gasteiger partial charge < -0.3 is 9.80 Å². The first kappa shape index (κ1) is 11.6. The first-order valence-corrected chi connectivity index (χ1v) is 7.16. The number of hydrogen-bond acceptors (Lipinski definition) is 4. The molecule has 2 fully saturated rings. The maximum Gasteiger partial charge on any atom is 0.273 e. The summed E-state index contributed by atoms with van der Waals surface area (Å²) in [6.45, 7) is 2.56. The van der Waals surface area contributed by atoms with Gasteiger partial charge in [-0.25, -0.2) is 4.98 Å². The van der Waals surface area contributed by atoms with Gasteiger partial charge in [0.15, 0.2) is 0 Å². The fourth-order valence-electron chi connectivity index (χ4n) is 2.20. The van der Waals surface area contributed by atoms with Gasteiger partial charge in [-0.15, -0.1) is 11.3 Å². The van der Waals surface area contributed by atoms with Crippen molar-refractivity contribution in [3.63, 3.8) is 0 Å². The van der Waals surface area contributed by atoms with E-state index in [1.165, 1.54) is 11.3 Å². The van der Waals surface area contributed by atoms with Crippen LogP contribution in [0.25, 0.3) is 0 Å². The third kappa shape index (κ3) is 2.25. The predicted molar refractivity (Wildman–Crippen MR) is 67.3 cm³/mol. The molecule has 0 N–H and O–H groups in total. The van der Waals surface area contributed by atoms with Gasteiger partial charge in [-0.1, -0.05) is 0 Å². The summed E-state index contributed by atoms with van der Waals surface area (Å²) in [5, 5.41) is 1.77. The monoisotopic (exact) mass is 265 g/mol. The Bertz CT molecular complexity index is 448. The first-order chi connectivity index (χ1) is 8.75. The molecule has 0 unspecified atom stereocenters. The minimum absolute atomic E-state index is 0.0187. The predicted octanol–water partition coefficient (Wildman–Crippen LogP) is 0.837. The summed E-state index contributed by atoms with van der Waals surface area (Å²) in [5.41, 5.74) is 2.18. The molecule has 0 spiro atoms. The fraction of sp³-hybridized carbons (Fsp3) is 0.583. The quantitative estimate of drug-likeness (QED) is 0.796. The van der Waals surface area contributed by atoms with Gasteiger partial charge in [0, 0.05) is 37.5 Å². The fourth-order valence-corrected chi connectivity index (χ4v) is 2.72. The zero-order valence-corrected chi connectivity index (χ0v) is 10.9. The number of piperazine rings is 1. The van der Waals surface area contributed by atoms with E-state index in [1.54, 1.807) is 15.8 Å². The van der Waals surface area contributed by atoms with Crippen LogP contribution < -0.4 is 0 Å². The number of carbonyl (C=O) groups excluding carboxylic acids is 2. The van der Waals surface area contributed by atoms with Gasteiger partial charge in [0.1, 0.15) is 5.69 Å². The van der Waals surface area contributed by atoms with E-state index in [2.05, 4.69) is 4.98 Å². The highest BCUT2D eigenvalue weighted by molar-refractivity contribution is 7.07. The maximum absolute atomic E-state index is 12.1. The number of nitrogens with zero attached hydrogens (tertiary/aromatic N) is 3. The SMILES string of the molecule is O=C(c1cscn1)N1CCN(C(=O)C2CC2)CC1. The summed E-state index contributed by atoms with van der Waals surface area (Å²) in [6, 6.07) is 0. The lowest BCUT2D eigenvalue weighted by Gasteiger charge is -2.34. The van der Waals surface area contributed by atoms with Crippen LogP contribution in [-0.2, 0) is 4.79 Å². The van der Waals surface area contributed by atoms with Crippen molar-refractivity contribution in [2.75, 3.05) is 26.2 Å². The second kappa shape index (κ2) is 4.68. The summed E-state index contributed by atoms with van der Waals surface area (Å²) in [7, 11) is 0. The summed E-state index contributed by atoms with van der Waals surface area (Å²) in [5.74, 6) is 0.524. The lowest BCUT2D eigenvalue weighted by Crippen LogP contribution is -2.51. The van der Waals surface area contributed by atoms with Crippen molar-refractivity contribution < 1.29 is 9.59 Å². The number of thiazole rings is 1. The molecular formula is C12H15N3O2S. The van der Waals surface area contributed by atoms with Gasteiger partial charge in [-0.2, -0.15) is 0 Å². The van der Waals surface area contributed by atoms with Crippen molar-refractivity contribution >= 4 is 23.2 Å². The largest absolute Gasteiger partial charge is 0.339 e. The average Bonchev–Trinajstić information content (AvgIpc) is 3.12. The van der Waals surface area contributed by atoms with Crippen molar-refractivity contribution in [1.82, 2.24) is 14.8 Å². The van der Waals surface area contributed by atoms with Gasteiger partial charge in [0.05, 0.1) is 5.51 Å². The smallest absolute Gasteiger partial charge is 0.273 e. The van der Waals surface area contributed by atoms with Crippen LogP contribution in [0.1, 0.15) is 23.3 Å². The Morgan fingerprint density at radius 3 is 2.39 bits per heavy atom. The highest BCUT2D eigenvalue weighted by Crippen LogP contribution is 2.31. The van der Waals surface area contributed by atoms with Crippen LogP contribution in [0, 0.1) is 5.92 Å². The van der Waals surface area contributed by atoms with Gasteiger partial charge in [0.2, 0.25) is 5.91 Å². The zero-order valence-electron chi connectivity index (χ0n) is 10.0. The summed E-state index contributed by atoms with van der Waals surface area (Å²) >= 11 is 1.43. The average molecular weight is 265 g/mol. The van der Waals surface area contributed by atoms with Crippen LogP contribution in [0.4, 0.5) is 0 Å². The molecule has 1 aromatic rings. The van der Waals surface area contributed by atoms with E-state index in [0.717, 1.165) is 12.8 Å². The molecule has 2 heterocycles. The van der Waals surface area contributed by atoms with Crippen LogP contribution in [0.3, 0.4) is 0 Å². The number of carbonyl (C=O) groups is 2. The van der Waals surface area contributed by atoms with Gasteiger partial charge in [-0.05, 0) is 12.8 Å². The Balaban J connectivity index is 1.56. The van der Waals surface area contributed by atoms with Crippen molar-refractivity contribution in [3.05, 3.63) is 16.6 Å². The number of rotatable bonds is 2. The molecule has 2 amide bonds. The molecule has 0 aromatic carbocycles. The topological polar surface area (TPSA) is 53.5 Å². The molecule has 6 heteroatoms. The van der Waals surface area contributed by atoms with Crippen LogP contribution >= 0.6 is 11.3 Å². The van der Waals surface area contributed by atoms with E-state index >= 15 is 0 Å². The Kier molecular flexibility index (Phi) is 3.03. The zero-order chi connectivity index (χ0) is 12.5. The molecule has 5 nitrogen and oxygen atoms in total. The Morgan fingerprint density at radius 1 is 1.17 bits per heavy atom. The standard InChI is InChI=1S/C12H15N3O2S/c16-11(9-1-2-9)14-3-5-15(6-4-14)12(17)10-7-18-8-13-10/h7-9H,1-6H2. The minimum atomic E-state index is -0.0187. The molecule has 1 aliphatic heterocycles. The van der Waals surface area contributed by atoms with Crippen molar-refractivity contribution in [3.8, 4) is 0 Å². The van der Waals surface area contributed by atoms with E-state index < -0.39 is 0 Å². The third-order valence-corrected chi connectivity index (χ3v) is 4.04. The summed E-state index contributed by atoms with van der Waals surface area (Å²) in [4.78, 5) is 31.6. The van der Waals surface area contributed by atoms with Gasteiger partial charge in [-0.3, -0.25) is 9.59 Å². The Morgan fingerprint density at radius 2 is 1.83 bits per heavy atom. The maximum atomic E-state index is 12.1. The van der Waals surface area contributed by atoms with E-state index in [4.69, 9.17) is 0 Å². The Hall–Kier alpha value is -1.43. The minimum Gasteiger partial charge on any atom is -0.339 e. The van der Waals surface area contributed by atoms with Crippen molar-refractivity contribution in [1.29, 1.82) is 0 Å². The summed E-state index contributed by atoms with van der Waals surface area (Å²) in [6.07, 6.45) is 2.08. The molecule has 0 radical (unpaired) electrons. The first-order valence-electron chi connectivity index (χ1n) is 6.22. The number of aromatic nitrogens is 1. The molecule has 96 valence electrons. The highest BCUT2D eigenvalue weighted by Gasteiger charge is 2.35. The van der Waals surface area contributed by atoms with Crippen LogP contribution in [0.2, 0.25) is 0 Å². The van der Waals surface area contributed by atoms with E-state index in [1.807, 2.05) is 4.90 Å². The molecular weight excluding hydrogens is 250 g/mol. The highest BCUT2D eigenvalue weighted by atomic mass is 32.1. The van der Waals surface area contributed by atoms with Crippen LogP contribution in [0.15, 0.2) is 10.9 Å². The molecule has 2 aliphatic rings. The van der Waals surface area contributed by atoms with Gasteiger partial charge in [0.25, 0.3) is 5.91 Å². The number of hydrogen-bond donors (Lipinski definition) is 0. The molecule has 0 bridgehead atoms. The third-order valence-electron chi connectivity index (χ3n) is 3.46. The molecule has 1 saturated carbocycles. The molecule has 3 rings (SSSR count). The second-order valence-corrected chi connectivity index (χ2v) is 5.48. The van der Waals surface area contributed by atoms with E-state index in [-0.39, 0.29) is 17.7 Å². The van der Waals surface area contributed by atoms with E-state index in [0.29, 0.717) is 31.9 Å². The van der Waals surface area contributed by atoms with Gasteiger partial charge >= 0.3 is 0 Å². The Labute approximate surface area is 109 Å². The summed E-state index contributed by atoms with van der Waals surface area (Å²) < 4.78 is 0. The molecule has 0 atom stereocenters. The van der Waals surface area contributed by atoms with Crippen LogP contribution in [0.5, 0.6) is 0 Å². The van der Waals surface area contributed by atoms with Crippen molar-refractivity contribution in [2.45, 2.75) is 12.8 Å². The molecule has 1 aliphatic carbocycles. The van der Waals surface area contributed by atoms with E-state index in [9.17, 15) is 9.59 Å². The normalized spacial score (nSPS) is 20.0. The van der Waals surface area contributed by atoms with Crippen LogP contribution in [-0.4, -0.2) is 52.8 Å². The lowest BCUT2D eigenvalue weighted by atomic mass is 10.2.